The van der Waals surface area contributed by atoms with Gasteiger partial charge in [-0.3, -0.25) is 4.79 Å². The monoisotopic (exact) mass is 292 g/mol. The third kappa shape index (κ3) is 4.00. The van der Waals surface area contributed by atoms with Gasteiger partial charge in [-0.2, -0.15) is 0 Å². The maximum atomic E-state index is 12.4. The number of nitrogens with one attached hydrogen (secondary N) is 1. The lowest BCUT2D eigenvalue weighted by Gasteiger charge is -2.34. The van der Waals surface area contributed by atoms with Crippen LogP contribution in [-0.4, -0.2) is 24.7 Å². The van der Waals surface area contributed by atoms with Crippen molar-refractivity contribution >= 4 is 17.7 Å². The molecular weight excluding hydrogens is 268 g/mol. The molecule has 1 amide bonds. The molecule has 4 heteroatoms. The first-order valence-corrected chi connectivity index (χ1v) is 8.42. The number of carbonyl (C=O) groups excluding carboxylic acids is 1. The van der Waals surface area contributed by atoms with Gasteiger partial charge in [0.2, 0.25) is 5.91 Å². The molecule has 1 aromatic rings. The summed E-state index contributed by atoms with van der Waals surface area (Å²) in [6, 6.07) is 10.3. The maximum absolute atomic E-state index is 12.4. The van der Waals surface area contributed by atoms with E-state index in [1.54, 1.807) is 11.8 Å². The second-order valence-corrected chi connectivity index (χ2v) is 6.63. The third-order valence-electron chi connectivity index (χ3n) is 4.08. The quantitative estimate of drug-likeness (QED) is 0.626. The molecule has 3 N–H and O–H groups in total. The first kappa shape index (κ1) is 15.4. The average Bonchev–Trinajstić information content (AvgIpc) is 2.53. The number of amides is 1. The molecule has 1 aliphatic rings. The number of nitrogens with two attached hydrogens (primary N) is 1. The van der Waals surface area contributed by atoms with E-state index in [2.05, 4.69) is 17.4 Å². The molecule has 0 saturated heterocycles. The summed E-state index contributed by atoms with van der Waals surface area (Å²) in [6.07, 6.45) is 5.38. The molecule has 0 unspecified atom stereocenters. The normalized spacial score (nSPS) is 17.6. The van der Waals surface area contributed by atoms with E-state index >= 15 is 0 Å². The topological polar surface area (TPSA) is 55.1 Å². The lowest BCUT2D eigenvalue weighted by molar-refractivity contribution is -0.132. The zero-order chi connectivity index (χ0) is 14.3. The molecular formula is C16H24N2OS. The highest BCUT2D eigenvalue weighted by molar-refractivity contribution is 7.99. The maximum Gasteiger partial charge on any atom is 0.227 e. The van der Waals surface area contributed by atoms with Crippen molar-refractivity contribution in [3.63, 3.8) is 0 Å². The van der Waals surface area contributed by atoms with E-state index < -0.39 is 0 Å². The van der Waals surface area contributed by atoms with Crippen molar-refractivity contribution in [2.75, 3.05) is 18.8 Å². The molecule has 0 aromatic heterocycles. The molecule has 0 radical (unpaired) electrons. The van der Waals surface area contributed by atoms with E-state index in [4.69, 9.17) is 5.73 Å². The standard InChI is InChI=1S/C16H24N2OS/c17-13-16(9-5-2-6-10-16)15(19)18-11-12-20-14-7-3-1-4-8-14/h1,3-4,7-8H,2,5-6,9-13,17H2,(H,18,19). The van der Waals surface area contributed by atoms with E-state index in [0.29, 0.717) is 13.1 Å². The molecule has 0 spiro atoms. The Balaban J connectivity index is 1.74. The van der Waals surface area contributed by atoms with Gasteiger partial charge in [-0.25, -0.2) is 0 Å². The summed E-state index contributed by atoms with van der Waals surface area (Å²) >= 11 is 1.77. The zero-order valence-corrected chi connectivity index (χ0v) is 12.8. The van der Waals surface area contributed by atoms with Gasteiger partial charge in [-0.05, 0) is 25.0 Å². The number of benzene rings is 1. The lowest BCUT2D eigenvalue weighted by atomic mass is 9.73. The van der Waals surface area contributed by atoms with E-state index in [1.165, 1.54) is 11.3 Å². The average molecular weight is 292 g/mol. The highest BCUT2D eigenvalue weighted by atomic mass is 32.2. The first-order valence-electron chi connectivity index (χ1n) is 7.43. The molecule has 20 heavy (non-hydrogen) atoms. The predicted octanol–water partition coefficient (Wildman–Crippen LogP) is 2.80. The van der Waals surface area contributed by atoms with Crippen molar-refractivity contribution in [1.29, 1.82) is 0 Å². The molecule has 3 nitrogen and oxygen atoms in total. The highest BCUT2D eigenvalue weighted by Crippen LogP contribution is 2.35. The summed E-state index contributed by atoms with van der Waals surface area (Å²) in [5.74, 6) is 1.06. The Labute approximate surface area is 125 Å². The fourth-order valence-corrected chi connectivity index (χ4v) is 3.58. The summed E-state index contributed by atoms with van der Waals surface area (Å²) < 4.78 is 0. The lowest BCUT2D eigenvalue weighted by Crippen LogP contribution is -2.47. The van der Waals surface area contributed by atoms with Crippen molar-refractivity contribution < 1.29 is 4.79 Å². The van der Waals surface area contributed by atoms with Crippen LogP contribution in [0, 0.1) is 5.41 Å². The minimum absolute atomic E-state index is 0.161. The number of hydrogen-bond acceptors (Lipinski definition) is 3. The van der Waals surface area contributed by atoms with Gasteiger partial charge in [0, 0.05) is 23.7 Å². The van der Waals surface area contributed by atoms with Crippen LogP contribution in [-0.2, 0) is 4.79 Å². The summed E-state index contributed by atoms with van der Waals surface area (Å²) in [5, 5.41) is 3.07. The van der Waals surface area contributed by atoms with Crippen molar-refractivity contribution in [1.82, 2.24) is 5.32 Å². The van der Waals surface area contributed by atoms with Crippen LogP contribution in [0.2, 0.25) is 0 Å². The van der Waals surface area contributed by atoms with E-state index in [-0.39, 0.29) is 11.3 Å². The van der Waals surface area contributed by atoms with Crippen LogP contribution >= 0.6 is 11.8 Å². The third-order valence-corrected chi connectivity index (χ3v) is 5.10. The van der Waals surface area contributed by atoms with Gasteiger partial charge in [-0.15, -0.1) is 11.8 Å². The number of thioether (sulfide) groups is 1. The van der Waals surface area contributed by atoms with Crippen LogP contribution in [0.3, 0.4) is 0 Å². The largest absolute Gasteiger partial charge is 0.355 e. The van der Waals surface area contributed by atoms with Crippen LogP contribution in [0.5, 0.6) is 0 Å². The summed E-state index contributed by atoms with van der Waals surface area (Å²) in [7, 11) is 0. The van der Waals surface area contributed by atoms with Crippen LogP contribution in [0.1, 0.15) is 32.1 Å². The van der Waals surface area contributed by atoms with E-state index in [0.717, 1.165) is 31.4 Å². The molecule has 0 atom stereocenters. The molecule has 2 rings (SSSR count). The smallest absolute Gasteiger partial charge is 0.227 e. The second kappa shape index (κ2) is 7.70. The summed E-state index contributed by atoms with van der Waals surface area (Å²) in [5.41, 5.74) is 5.57. The molecule has 0 bridgehead atoms. The minimum atomic E-state index is -0.296. The Morgan fingerprint density at radius 2 is 1.90 bits per heavy atom. The van der Waals surface area contributed by atoms with Crippen molar-refractivity contribution in [3.8, 4) is 0 Å². The second-order valence-electron chi connectivity index (χ2n) is 5.46. The first-order chi connectivity index (χ1) is 9.77. The van der Waals surface area contributed by atoms with E-state index in [1.807, 2.05) is 18.2 Å². The summed E-state index contributed by atoms with van der Waals surface area (Å²) in [4.78, 5) is 13.6. The molecule has 0 heterocycles. The minimum Gasteiger partial charge on any atom is -0.355 e. The number of rotatable bonds is 6. The Hall–Kier alpha value is -1.00. The fourth-order valence-electron chi connectivity index (χ4n) is 2.79. The molecule has 1 saturated carbocycles. The number of carbonyl (C=O) groups is 1. The Morgan fingerprint density at radius 1 is 1.20 bits per heavy atom. The Morgan fingerprint density at radius 3 is 2.55 bits per heavy atom. The van der Waals surface area contributed by atoms with Gasteiger partial charge in [0.15, 0.2) is 0 Å². The molecule has 1 fully saturated rings. The van der Waals surface area contributed by atoms with Crippen LogP contribution in [0.15, 0.2) is 35.2 Å². The Kier molecular flexibility index (Phi) is 5.92. The van der Waals surface area contributed by atoms with Crippen LogP contribution in [0.25, 0.3) is 0 Å². The zero-order valence-electron chi connectivity index (χ0n) is 11.9. The number of hydrogen-bond donors (Lipinski definition) is 2. The van der Waals surface area contributed by atoms with Crippen molar-refractivity contribution in [2.45, 2.75) is 37.0 Å². The fraction of sp³-hybridized carbons (Fsp3) is 0.562. The van der Waals surface area contributed by atoms with E-state index in [9.17, 15) is 4.79 Å². The van der Waals surface area contributed by atoms with Gasteiger partial charge in [0.1, 0.15) is 0 Å². The van der Waals surface area contributed by atoms with Crippen molar-refractivity contribution in [3.05, 3.63) is 30.3 Å². The summed E-state index contributed by atoms with van der Waals surface area (Å²) in [6.45, 7) is 1.19. The van der Waals surface area contributed by atoms with Crippen LogP contribution < -0.4 is 11.1 Å². The molecule has 1 aromatic carbocycles. The molecule has 1 aliphatic carbocycles. The van der Waals surface area contributed by atoms with Gasteiger partial charge < -0.3 is 11.1 Å². The molecule has 110 valence electrons. The highest BCUT2D eigenvalue weighted by Gasteiger charge is 2.37. The molecule has 0 aliphatic heterocycles. The predicted molar refractivity (Wildman–Crippen MR) is 84.7 cm³/mol. The van der Waals surface area contributed by atoms with Gasteiger partial charge in [0.05, 0.1) is 5.41 Å². The van der Waals surface area contributed by atoms with Gasteiger partial charge in [-0.1, -0.05) is 37.5 Å². The van der Waals surface area contributed by atoms with Crippen molar-refractivity contribution in [2.24, 2.45) is 11.1 Å². The van der Waals surface area contributed by atoms with Crippen LogP contribution in [0.4, 0.5) is 0 Å². The van der Waals surface area contributed by atoms with Gasteiger partial charge in [0.25, 0.3) is 0 Å². The Bertz CT molecular complexity index is 416. The van der Waals surface area contributed by atoms with Gasteiger partial charge >= 0.3 is 0 Å². The SMILES string of the molecule is NCC1(C(=O)NCCSc2ccccc2)CCCCC1.